The first kappa shape index (κ1) is 6.55. The van der Waals surface area contributed by atoms with E-state index in [2.05, 4.69) is 0 Å². The second-order valence-electron chi connectivity index (χ2n) is 2.54. The van der Waals surface area contributed by atoms with Crippen LogP contribution in [0.25, 0.3) is 0 Å². The summed E-state index contributed by atoms with van der Waals surface area (Å²) < 4.78 is 0. The Balaban J connectivity index is 2.49. The Morgan fingerprint density at radius 1 is 1.56 bits per heavy atom. The molecule has 1 rings (SSSR count). The monoisotopic (exact) mass is 129 g/mol. The highest BCUT2D eigenvalue weighted by Crippen LogP contribution is 2.23. The third kappa shape index (κ3) is 1.21. The molecule has 0 amide bonds. The van der Waals surface area contributed by atoms with Gasteiger partial charge in [0.25, 0.3) is 0 Å². The second-order valence-corrected chi connectivity index (χ2v) is 2.54. The van der Waals surface area contributed by atoms with Crippen LogP contribution in [0.5, 0.6) is 0 Å². The van der Waals surface area contributed by atoms with Crippen molar-refractivity contribution in [2.45, 2.75) is 25.3 Å². The Morgan fingerprint density at radius 3 is 2.44 bits per heavy atom. The van der Waals surface area contributed by atoms with Gasteiger partial charge in [-0.3, -0.25) is 4.79 Å². The van der Waals surface area contributed by atoms with Crippen molar-refractivity contribution in [1.29, 1.82) is 0 Å². The second kappa shape index (κ2) is 2.35. The first-order valence-corrected chi connectivity index (χ1v) is 3.20. The molecule has 0 aromatic carbocycles. The van der Waals surface area contributed by atoms with Gasteiger partial charge in [0.15, 0.2) is 0 Å². The minimum absolute atomic E-state index is 0.0949. The lowest BCUT2D eigenvalue weighted by Crippen LogP contribution is -2.30. The van der Waals surface area contributed by atoms with E-state index < -0.39 is 5.97 Å². The van der Waals surface area contributed by atoms with Crippen LogP contribution in [0, 0.1) is 5.92 Å². The lowest BCUT2D eigenvalue weighted by Gasteiger charge is -2.07. The molecule has 1 fully saturated rings. The fourth-order valence-corrected chi connectivity index (χ4v) is 1.30. The third-order valence-corrected chi connectivity index (χ3v) is 1.89. The van der Waals surface area contributed by atoms with E-state index in [9.17, 15) is 4.79 Å². The molecule has 1 aliphatic rings. The summed E-state index contributed by atoms with van der Waals surface area (Å²) in [5.74, 6) is -1.01. The molecule has 0 aliphatic heterocycles. The normalized spacial score (nSPS) is 34.8. The maximum absolute atomic E-state index is 10.3. The molecule has 1 aliphatic carbocycles. The number of carbonyl (C=O) groups is 1. The van der Waals surface area contributed by atoms with E-state index >= 15 is 0 Å². The third-order valence-electron chi connectivity index (χ3n) is 1.89. The van der Waals surface area contributed by atoms with Gasteiger partial charge in [-0.25, -0.2) is 0 Å². The van der Waals surface area contributed by atoms with E-state index in [1.54, 1.807) is 0 Å². The number of nitrogens with two attached hydrogens (primary N) is 1. The van der Waals surface area contributed by atoms with Gasteiger partial charge >= 0.3 is 5.97 Å². The minimum Gasteiger partial charge on any atom is -0.481 e. The van der Waals surface area contributed by atoms with Crippen molar-refractivity contribution >= 4 is 5.97 Å². The Bertz CT molecular complexity index is 124. The molecule has 0 spiro atoms. The average molecular weight is 129 g/mol. The quantitative estimate of drug-likeness (QED) is 0.531. The van der Waals surface area contributed by atoms with Gasteiger partial charge in [0, 0.05) is 6.04 Å². The molecule has 9 heavy (non-hydrogen) atoms. The lowest BCUT2D eigenvalue weighted by atomic mass is 10.1. The Hall–Kier alpha value is -0.570. The molecule has 1 unspecified atom stereocenters. The summed E-state index contributed by atoms with van der Waals surface area (Å²) in [4.78, 5) is 10.3. The molecular weight excluding hydrogens is 118 g/mol. The molecule has 3 N–H and O–H groups in total. The first-order chi connectivity index (χ1) is 4.22. The Kier molecular flexibility index (Phi) is 1.71. The number of hydrogen-bond donors (Lipinski definition) is 2. The molecule has 2 atom stereocenters. The van der Waals surface area contributed by atoms with Crippen molar-refractivity contribution in [1.82, 2.24) is 0 Å². The molecule has 0 heterocycles. The summed E-state index contributed by atoms with van der Waals surface area (Å²) in [5.41, 5.74) is 5.50. The smallest absolute Gasteiger partial charge is 0.308 e. The zero-order chi connectivity index (χ0) is 6.85. The van der Waals surface area contributed by atoms with Gasteiger partial charge in [-0.15, -0.1) is 0 Å². The minimum atomic E-state index is -0.736. The van der Waals surface area contributed by atoms with Crippen LogP contribution < -0.4 is 5.73 Å². The van der Waals surface area contributed by atoms with Gasteiger partial charge < -0.3 is 10.8 Å². The van der Waals surface area contributed by atoms with E-state index in [-0.39, 0.29) is 12.0 Å². The first-order valence-electron chi connectivity index (χ1n) is 3.20. The maximum Gasteiger partial charge on any atom is 0.308 e. The number of aliphatic carboxylic acids is 1. The van der Waals surface area contributed by atoms with Gasteiger partial charge in [-0.1, -0.05) is 6.42 Å². The zero-order valence-corrected chi connectivity index (χ0v) is 5.21. The number of carboxylic acid groups (broad SMARTS) is 1. The van der Waals surface area contributed by atoms with Crippen molar-refractivity contribution in [3.63, 3.8) is 0 Å². The largest absolute Gasteiger partial charge is 0.481 e. The van der Waals surface area contributed by atoms with E-state index in [0.29, 0.717) is 0 Å². The highest BCUT2D eigenvalue weighted by Gasteiger charge is 2.29. The standard InChI is InChI=1S/C6H11NO2/c7-5-3-1-2-4(5)6(8)9/h4-5H,1-3,7H2,(H,8,9)/t4-,5?/m1/s1. The number of rotatable bonds is 1. The van der Waals surface area contributed by atoms with Crippen molar-refractivity contribution in [3.05, 3.63) is 0 Å². The fraction of sp³-hybridized carbons (Fsp3) is 0.833. The van der Waals surface area contributed by atoms with Crippen LogP contribution in [0.15, 0.2) is 0 Å². The van der Waals surface area contributed by atoms with Gasteiger partial charge in [0.05, 0.1) is 5.92 Å². The van der Waals surface area contributed by atoms with Crippen molar-refractivity contribution < 1.29 is 9.90 Å². The van der Waals surface area contributed by atoms with Crippen molar-refractivity contribution in [2.75, 3.05) is 0 Å². The highest BCUT2D eigenvalue weighted by atomic mass is 16.4. The summed E-state index contributed by atoms with van der Waals surface area (Å²) >= 11 is 0. The van der Waals surface area contributed by atoms with E-state index in [1.165, 1.54) is 0 Å². The van der Waals surface area contributed by atoms with E-state index in [4.69, 9.17) is 10.8 Å². The van der Waals surface area contributed by atoms with Gasteiger partial charge in [-0.05, 0) is 12.8 Å². The van der Waals surface area contributed by atoms with Crippen LogP contribution in [0.3, 0.4) is 0 Å². The lowest BCUT2D eigenvalue weighted by molar-refractivity contribution is -0.141. The molecule has 0 aromatic rings. The van der Waals surface area contributed by atoms with Crippen LogP contribution >= 0.6 is 0 Å². The molecule has 0 aromatic heterocycles. The topological polar surface area (TPSA) is 63.3 Å². The Morgan fingerprint density at radius 2 is 2.22 bits per heavy atom. The molecule has 0 bridgehead atoms. The fourth-order valence-electron chi connectivity index (χ4n) is 1.30. The summed E-state index contributed by atoms with van der Waals surface area (Å²) in [7, 11) is 0. The molecule has 52 valence electrons. The van der Waals surface area contributed by atoms with Crippen molar-refractivity contribution in [3.8, 4) is 0 Å². The summed E-state index contributed by atoms with van der Waals surface area (Å²) in [6, 6.07) is -0.0949. The van der Waals surface area contributed by atoms with Crippen LogP contribution in [0.1, 0.15) is 19.3 Å². The molecule has 1 saturated carbocycles. The molecule has 0 saturated heterocycles. The molecular formula is C6H11NO2. The molecule has 3 heteroatoms. The average Bonchev–Trinajstić information content (AvgIpc) is 2.13. The van der Waals surface area contributed by atoms with E-state index in [0.717, 1.165) is 19.3 Å². The van der Waals surface area contributed by atoms with Gasteiger partial charge in [0.2, 0.25) is 0 Å². The van der Waals surface area contributed by atoms with Gasteiger partial charge in [-0.2, -0.15) is 0 Å². The van der Waals surface area contributed by atoms with Crippen LogP contribution in [0.4, 0.5) is 0 Å². The van der Waals surface area contributed by atoms with Crippen molar-refractivity contribution in [2.24, 2.45) is 11.7 Å². The molecule has 0 radical (unpaired) electrons. The molecule has 3 nitrogen and oxygen atoms in total. The number of hydrogen-bond acceptors (Lipinski definition) is 2. The summed E-state index contributed by atoms with van der Waals surface area (Å²) in [6.45, 7) is 0. The highest BCUT2D eigenvalue weighted by molar-refractivity contribution is 5.71. The van der Waals surface area contributed by atoms with Crippen LogP contribution in [0.2, 0.25) is 0 Å². The summed E-state index contributed by atoms with van der Waals surface area (Å²) in [6.07, 6.45) is 2.60. The number of carboxylic acids is 1. The van der Waals surface area contributed by atoms with E-state index in [1.807, 2.05) is 0 Å². The van der Waals surface area contributed by atoms with Gasteiger partial charge in [0.1, 0.15) is 0 Å². The van der Waals surface area contributed by atoms with Crippen LogP contribution in [-0.2, 0) is 4.79 Å². The zero-order valence-electron chi connectivity index (χ0n) is 5.21. The predicted molar refractivity (Wildman–Crippen MR) is 33.0 cm³/mol. The maximum atomic E-state index is 10.3. The summed E-state index contributed by atoms with van der Waals surface area (Å²) in [5, 5.41) is 8.50. The van der Waals surface area contributed by atoms with Crippen LogP contribution in [-0.4, -0.2) is 17.1 Å². The SMILES string of the molecule is NC1CCC[C@H]1C(=O)O. The predicted octanol–water partition coefficient (Wildman–Crippen LogP) is 0.198. The Labute approximate surface area is 53.9 Å².